The maximum Gasteiger partial charge on any atom is 0.410 e. The Morgan fingerprint density at radius 3 is 1.96 bits per heavy atom. The Kier molecular flexibility index (Phi) is 8.97. The van der Waals surface area contributed by atoms with Crippen LogP contribution in [0.4, 0.5) is 9.59 Å². The molecule has 0 spiro atoms. The van der Waals surface area contributed by atoms with Crippen LogP contribution in [0.5, 0.6) is 0 Å². The van der Waals surface area contributed by atoms with Crippen molar-refractivity contribution >= 4 is 12.2 Å². The highest BCUT2D eigenvalue weighted by atomic mass is 16.6. The number of nitrogens with one attached hydrogen (secondary N) is 1. The summed E-state index contributed by atoms with van der Waals surface area (Å²) >= 11 is 0. The SMILES string of the molecule is CC(C)(C)OC(=O)NCCCN(CCCN)C(=O)OC(C)(C)C. The summed E-state index contributed by atoms with van der Waals surface area (Å²) in [7, 11) is 0. The number of nitrogens with two attached hydrogens (primary N) is 1. The molecule has 136 valence electrons. The van der Waals surface area contributed by atoms with E-state index < -0.39 is 17.3 Å². The number of rotatable bonds is 7. The molecule has 3 N–H and O–H groups in total. The molecule has 0 rings (SSSR count). The van der Waals surface area contributed by atoms with Crippen LogP contribution >= 0.6 is 0 Å². The molecule has 0 aliphatic rings. The lowest BCUT2D eigenvalue weighted by Crippen LogP contribution is -2.40. The summed E-state index contributed by atoms with van der Waals surface area (Å²) < 4.78 is 10.5. The molecule has 0 heterocycles. The largest absolute Gasteiger partial charge is 0.444 e. The van der Waals surface area contributed by atoms with Crippen molar-refractivity contribution < 1.29 is 19.1 Å². The highest BCUT2D eigenvalue weighted by molar-refractivity contribution is 5.68. The van der Waals surface area contributed by atoms with Crippen LogP contribution in [0.2, 0.25) is 0 Å². The average molecular weight is 331 g/mol. The van der Waals surface area contributed by atoms with Gasteiger partial charge < -0.3 is 25.4 Å². The Balaban J connectivity index is 4.25. The van der Waals surface area contributed by atoms with Gasteiger partial charge in [0.2, 0.25) is 0 Å². The number of amides is 2. The summed E-state index contributed by atoms with van der Waals surface area (Å²) in [4.78, 5) is 25.3. The monoisotopic (exact) mass is 331 g/mol. The summed E-state index contributed by atoms with van der Waals surface area (Å²) in [6.45, 7) is 12.9. The molecule has 0 aliphatic carbocycles. The van der Waals surface area contributed by atoms with Gasteiger partial charge in [0.15, 0.2) is 0 Å². The third-order valence-corrected chi connectivity index (χ3v) is 2.56. The van der Waals surface area contributed by atoms with Crippen LogP contribution in [0.3, 0.4) is 0 Å². The van der Waals surface area contributed by atoms with Crippen molar-refractivity contribution in [3.63, 3.8) is 0 Å². The van der Waals surface area contributed by atoms with E-state index in [1.165, 1.54) is 0 Å². The van der Waals surface area contributed by atoms with E-state index in [0.29, 0.717) is 39.0 Å². The van der Waals surface area contributed by atoms with Gasteiger partial charge in [-0.05, 0) is 60.9 Å². The van der Waals surface area contributed by atoms with Gasteiger partial charge in [-0.25, -0.2) is 9.59 Å². The van der Waals surface area contributed by atoms with E-state index in [4.69, 9.17) is 15.2 Å². The number of alkyl carbamates (subject to hydrolysis) is 1. The van der Waals surface area contributed by atoms with Crippen LogP contribution in [0.25, 0.3) is 0 Å². The topological polar surface area (TPSA) is 93.9 Å². The molecule has 0 unspecified atom stereocenters. The van der Waals surface area contributed by atoms with E-state index in [1.54, 1.807) is 4.90 Å². The molecule has 0 saturated carbocycles. The molecule has 7 nitrogen and oxygen atoms in total. The lowest BCUT2D eigenvalue weighted by atomic mass is 10.2. The minimum atomic E-state index is -0.535. The number of hydrogen-bond donors (Lipinski definition) is 2. The summed E-state index contributed by atoms with van der Waals surface area (Å²) in [6, 6.07) is 0. The van der Waals surface area contributed by atoms with Crippen molar-refractivity contribution in [2.24, 2.45) is 5.73 Å². The van der Waals surface area contributed by atoms with Gasteiger partial charge in [0, 0.05) is 19.6 Å². The summed E-state index contributed by atoms with van der Waals surface area (Å²) in [5.41, 5.74) is 4.45. The quantitative estimate of drug-likeness (QED) is 0.699. The summed E-state index contributed by atoms with van der Waals surface area (Å²) in [5.74, 6) is 0. The van der Waals surface area contributed by atoms with Crippen molar-refractivity contribution in [3.05, 3.63) is 0 Å². The highest BCUT2D eigenvalue weighted by Gasteiger charge is 2.21. The number of hydrogen-bond acceptors (Lipinski definition) is 5. The fraction of sp³-hybridized carbons (Fsp3) is 0.875. The van der Waals surface area contributed by atoms with E-state index in [2.05, 4.69) is 5.32 Å². The normalized spacial score (nSPS) is 11.8. The molecule has 0 bridgehead atoms. The first-order valence-corrected chi connectivity index (χ1v) is 8.09. The molecule has 0 saturated heterocycles. The van der Waals surface area contributed by atoms with Crippen LogP contribution in [0, 0.1) is 0 Å². The fourth-order valence-electron chi connectivity index (χ4n) is 1.68. The first kappa shape index (κ1) is 21.5. The molecule has 2 amide bonds. The van der Waals surface area contributed by atoms with Crippen LogP contribution < -0.4 is 11.1 Å². The van der Waals surface area contributed by atoms with E-state index >= 15 is 0 Å². The molecule has 0 atom stereocenters. The van der Waals surface area contributed by atoms with E-state index in [1.807, 2.05) is 41.5 Å². The van der Waals surface area contributed by atoms with Gasteiger partial charge in [0.05, 0.1) is 0 Å². The Labute approximate surface area is 139 Å². The maximum atomic E-state index is 12.1. The molecule has 0 aromatic heterocycles. The van der Waals surface area contributed by atoms with Gasteiger partial charge in [-0.1, -0.05) is 0 Å². The van der Waals surface area contributed by atoms with E-state index in [0.717, 1.165) is 0 Å². The van der Waals surface area contributed by atoms with Crippen molar-refractivity contribution in [1.82, 2.24) is 10.2 Å². The predicted molar refractivity (Wildman–Crippen MR) is 90.3 cm³/mol. The predicted octanol–water partition coefficient (Wildman–Crippen LogP) is 2.49. The first-order valence-electron chi connectivity index (χ1n) is 8.09. The van der Waals surface area contributed by atoms with E-state index in [9.17, 15) is 9.59 Å². The molecule has 0 radical (unpaired) electrons. The Hall–Kier alpha value is -1.50. The fourth-order valence-corrected chi connectivity index (χ4v) is 1.68. The Morgan fingerprint density at radius 1 is 0.957 bits per heavy atom. The van der Waals surface area contributed by atoms with Crippen LogP contribution in [0.15, 0.2) is 0 Å². The van der Waals surface area contributed by atoms with Crippen LogP contribution in [0.1, 0.15) is 54.4 Å². The molecule has 7 heteroatoms. The molecule has 0 aromatic carbocycles. The zero-order chi connectivity index (χ0) is 18.1. The van der Waals surface area contributed by atoms with Gasteiger partial charge in [-0.3, -0.25) is 0 Å². The number of nitrogens with zero attached hydrogens (tertiary/aromatic N) is 1. The molecular formula is C16H33N3O4. The molecule has 23 heavy (non-hydrogen) atoms. The van der Waals surface area contributed by atoms with E-state index in [-0.39, 0.29) is 6.09 Å². The minimum absolute atomic E-state index is 0.358. The van der Waals surface area contributed by atoms with Crippen molar-refractivity contribution in [2.75, 3.05) is 26.2 Å². The highest BCUT2D eigenvalue weighted by Crippen LogP contribution is 2.10. The first-order chi connectivity index (χ1) is 10.4. The van der Waals surface area contributed by atoms with Crippen LogP contribution in [-0.2, 0) is 9.47 Å². The zero-order valence-electron chi connectivity index (χ0n) is 15.4. The lowest BCUT2D eigenvalue weighted by molar-refractivity contribution is 0.0247. The molecule has 0 aliphatic heterocycles. The van der Waals surface area contributed by atoms with Gasteiger partial charge in [0.25, 0.3) is 0 Å². The van der Waals surface area contributed by atoms with Crippen LogP contribution in [-0.4, -0.2) is 54.5 Å². The average Bonchev–Trinajstić information content (AvgIpc) is 2.33. The van der Waals surface area contributed by atoms with Gasteiger partial charge in [-0.2, -0.15) is 0 Å². The minimum Gasteiger partial charge on any atom is -0.444 e. The number of carbonyl (C=O) groups excluding carboxylic acids is 2. The maximum absolute atomic E-state index is 12.1. The standard InChI is InChI=1S/C16H33N3O4/c1-15(2,3)22-13(20)18-10-8-12-19(11-7-9-17)14(21)23-16(4,5)6/h7-12,17H2,1-6H3,(H,18,20). The van der Waals surface area contributed by atoms with Crippen molar-refractivity contribution in [1.29, 1.82) is 0 Å². The zero-order valence-corrected chi connectivity index (χ0v) is 15.4. The van der Waals surface area contributed by atoms with Gasteiger partial charge in [0.1, 0.15) is 11.2 Å². The Bertz CT molecular complexity index is 373. The lowest BCUT2D eigenvalue weighted by Gasteiger charge is -2.27. The third-order valence-electron chi connectivity index (χ3n) is 2.56. The second kappa shape index (κ2) is 9.60. The molecule has 0 aromatic rings. The second-order valence-corrected chi connectivity index (χ2v) is 7.39. The third kappa shape index (κ3) is 12.7. The number of ether oxygens (including phenoxy) is 2. The smallest absolute Gasteiger partial charge is 0.410 e. The number of carbonyl (C=O) groups is 2. The van der Waals surface area contributed by atoms with Crippen molar-refractivity contribution in [3.8, 4) is 0 Å². The summed E-state index contributed by atoms with van der Waals surface area (Å²) in [5, 5.41) is 2.67. The Morgan fingerprint density at radius 2 is 1.48 bits per heavy atom. The van der Waals surface area contributed by atoms with Crippen molar-refractivity contribution in [2.45, 2.75) is 65.6 Å². The second-order valence-electron chi connectivity index (χ2n) is 7.39. The molecular weight excluding hydrogens is 298 g/mol. The molecule has 0 fully saturated rings. The van der Waals surface area contributed by atoms with Gasteiger partial charge >= 0.3 is 12.2 Å². The van der Waals surface area contributed by atoms with Gasteiger partial charge in [-0.15, -0.1) is 0 Å². The summed E-state index contributed by atoms with van der Waals surface area (Å²) in [6.07, 6.45) is 0.508.